The summed E-state index contributed by atoms with van der Waals surface area (Å²) in [6.45, 7) is 10.1. The van der Waals surface area contributed by atoms with Crippen molar-refractivity contribution in [3.05, 3.63) is 59.7 Å². The molecule has 2 N–H and O–H groups in total. The van der Waals surface area contributed by atoms with Crippen molar-refractivity contribution in [2.24, 2.45) is 5.92 Å². The summed E-state index contributed by atoms with van der Waals surface area (Å²) in [5, 5.41) is 2.80. The number of rotatable bonds is 8. The molecule has 0 aromatic heterocycles. The quantitative estimate of drug-likeness (QED) is 0.684. The van der Waals surface area contributed by atoms with E-state index in [0.717, 1.165) is 0 Å². The highest BCUT2D eigenvalue weighted by Gasteiger charge is 2.24. The first-order chi connectivity index (χ1) is 13.5. The van der Waals surface area contributed by atoms with E-state index in [9.17, 15) is 13.2 Å². The minimum atomic E-state index is -3.70. The van der Waals surface area contributed by atoms with Gasteiger partial charge in [0.15, 0.2) is 0 Å². The minimum Gasteiger partial charge on any atom is -0.493 e. The van der Waals surface area contributed by atoms with Gasteiger partial charge in [-0.05, 0) is 56.5 Å². The summed E-state index contributed by atoms with van der Waals surface area (Å²) in [5.74, 6) is 0.715. The standard InChI is InChI=1S/C22H30N2O4S/c1-16(2)15-28-19-11-8-10-17(13-19)21(25)23-14-18-9-6-7-12-20(18)29(26,27)24-22(3,4)5/h6-13,16,24H,14-15H2,1-5H3,(H,23,25). The summed E-state index contributed by atoms with van der Waals surface area (Å²) >= 11 is 0. The molecule has 0 spiro atoms. The summed E-state index contributed by atoms with van der Waals surface area (Å²) in [7, 11) is -3.70. The van der Waals surface area contributed by atoms with Crippen LogP contribution in [0, 0.1) is 5.92 Å². The summed E-state index contributed by atoms with van der Waals surface area (Å²) in [6, 6.07) is 13.6. The van der Waals surface area contributed by atoms with Crippen molar-refractivity contribution < 1.29 is 17.9 Å². The second kappa shape index (κ2) is 9.41. The van der Waals surface area contributed by atoms with Crippen LogP contribution in [0.1, 0.15) is 50.5 Å². The van der Waals surface area contributed by atoms with Crippen LogP contribution in [-0.2, 0) is 16.6 Å². The van der Waals surface area contributed by atoms with Crippen molar-refractivity contribution in [2.75, 3.05) is 6.61 Å². The molecule has 29 heavy (non-hydrogen) atoms. The number of hydrogen-bond acceptors (Lipinski definition) is 4. The summed E-state index contributed by atoms with van der Waals surface area (Å²) in [6.07, 6.45) is 0. The number of nitrogens with one attached hydrogen (secondary N) is 2. The van der Waals surface area contributed by atoms with E-state index in [1.54, 1.807) is 63.2 Å². The maximum Gasteiger partial charge on any atom is 0.251 e. The lowest BCUT2D eigenvalue weighted by Gasteiger charge is -2.21. The molecule has 0 saturated carbocycles. The highest BCUT2D eigenvalue weighted by Crippen LogP contribution is 2.18. The Bertz CT molecular complexity index is 947. The number of benzene rings is 2. The maximum absolute atomic E-state index is 12.7. The van der Waals surface area contributed by atoms with Crippen LogP contribution in [0.15, 0.2) is 53.4 Å². The summed E-state index contributed by atoms with van der Waals surface area (Å²) in [5.41, 5.74) is 0.371. The average molecular weight is 419 g/mol. The zero-order valence-corrected chi connectivity index (χ0v) is 18.5. The smallest absolute Gasteiger partial charge is 0.251 e. The van der Waals surface area contributed by atoms with Gasteiger partial charge in [0.1, 0.15) is 5.75 Å². The van der Waals surface area contributed by atoms with E-state index in [-0.39, 0.29) is 17.3 Å². The van der Waals surface area contributed by atoms with Crippen molar-refractivity contribution in [1.29, 1.82) is 0 Å². The highest BCUT2D eigenvalue weighted by molar-refractivity contribution is 7.89. The van der Waals surface area contributed by atoms with Gasteiger partial charge >= 0.3 is 0 Å². The Morgan fingerprint density at radius 2 is 1.76 bits per heavy atom. The lowest BCUT2D eigenvalue weighted by atomic mass is 10.1. The number of carbonyl (C=O) groups excluding carboxylic acids is 1. The fraction of sp³-hybridized carbons (Fsp3) is 0.409. The van der Waals surface area contributed by atoms with Crippen LogP contribution in [0.3, 0.4) is 0 Å². The van der Waals surface area contributed by atoms with Crippen molar-refractivity contribution in [1.82, 2.24) is 10.0 Å². The third-order valence-electron chi connectivity index (χ3n) is 3.82. The minimum absolute atomic E-state index is 0.0944. The topological polar surface area (TPSA) is 84.5 Å². The van der Waals surface area contributed by atoms with Gasteiger partial charge in [0.25, 0.3) is 5.91 Å². The Labute approximate surface area is 173 Å². The van der Waals surface area contributed by atoms with E-state index < -0.39 is 15.6 Å². The van der Waals surface area contributed by atoms with Crippen molar-refractivity contribution in [2.45, 2.75) is 51.6 Å². The van der Waals surface area contributed by atoms with Crippen molar-refractivity contribution >= 4 is 15.9 Å². The second-order valence-electron chi connectivity index (χ2n) is 8.38. The van der Waals surface area contributed by atoms with E-state index in [2.05, 4.69) is 23.9 Å². The van der Waals surface area contributed by atoms with Crippen LogP contribution in [-0.4, -0.2) is 26.5 Å². The predicted octanol–water partition coefficient (Wildman–Crippen LogP) is 3.73. The van der Waals surface area contributed by atoms with Gasteiger partial charge in [-0.25, -0.2) is 13.1 Å². The van der Waals surface area contributed by atoms with E-state index in [0.29, 0.717) is 29.4 Å². The molecular weight excluding hydrogens is 388 g/mol. The second-order valence-corrected chi connectivity index (χ2v) is 10.0. The van der Waals surface area contributed by atoms with Gasteiger partial charge in [0.05, 0.1) is 11.5 Å². The summed E-state index contributed by atoms with van der Waals surface area (Å²) < 4.78 is 33.7. The monoisotopic (exact) mass is 418 g/mol. The van der Waals surface area contributed by atoms with Crippen LogP contribution in [0.2, 0.25) is 0 Å². The van der Waals surface area contributed by atoms with Crippen LogP contribution >= 0.6 is 0 Å². The lowest BCUT2D eigenvalue weighted by molar-refractivity contribution is 0.0950. The fourth-order valence-corrected chi connectivity index (χ4v) is 4.30. The molecule has 6 nitrogen and oxygen atoms in total. The Morgan fingerprint density at radius 1 is 1.07 bits per heavy atom. The predicted molar refractivity (Wildman–Crippen MR) is 114 cm³/mol. The van der Waals surface area contributed by atoms with Gasteiger partial charge in [-0.3, -0.25) is 4.79 Å². The first kappa shape index (κ1) is 22.9. The van der Waals surface area contributed by atoms with Crippen LogP contribution in [0.5, 0.6) is 5.75 Å². The van der Waals surface area contributed by atoms with Gasteiger partial charge in [-0.2, -0.15) is 0 Å². The lowest BCUT2D eigenvalue weighted by Crippen LogP contribution is -2.41. The Balaban J connectivity index is 2.13. The fourth-order valence-electron chi connectivity index (χ4n) is 2.64. The third-order valence-corrected chi connectivity index (χ3v) is 5.68. The van der Waals surface area contributed by atoms with Crippen LogP contribution in [0.4, 0.5) is 0 Å². The zero-order chi connectivity index (χ0) is 21.7. The molecule has 0 fully saturated rings. The number of hydrogen-bond donors (Lipinski definition) is 2. The van der Waals surface area contributed by atoms with Gasteiger partial charge < -0.3 is 10.1 Å². The van der Waals surface area contributed by atoms with E-state index >= 15 is 0 Å². The molecular formula is C22H30N2O4S. The van der Waals surface area contributed by atoms with Gasteiger partial charge in [-0.15, -0.1) is 0 Å². The Morgan fingerprint density at radius 3 is 2.41 bits per heavy atom. The van der Waals surface area contributed by atoms with E-state index in [1.807, 2.05) is 0 Å². The van der Waals surface area contributed by atoms with Crippen molar-refractivity contribution in [3.8, 4) is 5.75 Å². The molecule has 2 aromatic carbocycles. The Hall–Kier alpha value is -2.38. The maximum atomic E-state index is 12.7. The van der Waals surface area contributed by atoms with Crippen LogP contribution < -0.4 is 14.8 Å². The highest BCUT2D eigenvalue weighted by atomic mass is 32.2. The Kier molecular flexibility index (Phi) is 7.43. The molecule has 0 aliphatic heterocycles. The van der Waals surface area contributed by atoms with Gasteiger partial charge in [0.2, 0.25) is 10.0 Å². The van der Waals surface area contributed by atoms with E-state index in [4.69, 9.17) is 4.74 Å². The molecule has 2 rings (SSSR count). The first-order valence-electron chi connectivity index (χ1n) is 9.61. The zero-order valence-electron chi connectivity index (χ0n) is 17.7. The van der Waals surface area contributed by atoms with Gasteiger partial charge in [0, 0.05) is 17.6 Å². The number of ether oxygens (including phenoxy) is 1. The molecule has 0 bridgehead atoms. The molecule has 0 saturated heterocycles. The summed E-state index contributed by atoms with van der Waals surface area (Å²) in [4.78, 5) is 12.7. The number of sulfonamides is 1. The largest absolute Gasteiger partial charge is 0.493 e. The molecule has 2 aromatic rings. The molecule has 158 valence electrons. The molecule has 0 aliphatic carbocycles. The molecule has 0 heterocycles. The SMILES string of the molecule is CC(C)COc1cccc(C(=O)NCc2ccccc2S(=O)(=O)NC(C)(C)C)c1. The van der Waals surface area contributed by atoms with Crippen LogP contribution in [0.25, 0.3) is 0 Å². The van der Waals surface area contributed by atoms with Gasteiger partial charge in [-0.1, -0.05) is 38.1 Å². The molecule has 0 aliphatic rings. The van der Waals surface area contributed by atoms with E-state index in [1.165, 1.54) is 6.07 Å². The first-order valence-corrected chi connectivity index (χ1v) is 11.1. The molecule has 0 atom stereocenters. The normalized spacial score (nSPS) is 12.1. The number of carbonyl (C=O) groups is 1. The molecule has 0 unspecified atom stereocenters. The molecule has 0 radical (unpaired) electrons. The molecule has 1 amide bonds. The third kappa shape index (κ3) is 7.18. The molecule has 7 heteroatoms. The van der Waals surface area contributed by atoms with Crippen molar-refractivity contribution in [3.63, 3.8) is 0 Å². The number of amides is 1. The average Bonchev–Trinajstić information content (AvgIpc) is 2.63.